The number of nitrogens with two attached hydrogens (primary N) is 1. The van der Waals surface area contributed by atoms with Crippen molar-refractivity contribution in [1.29, 1.82) is 0 Å². The Morgan fingerprint density at radius 1 is 1.62 bits per heavy atom. The zero-order valence-electron chi connectivity index (χ0n) is 8.54. The van der Waals surface area contributed by atoms with Crippen LogP contribution in [-0.2, 0) is 11.5 Å². The minimum Gasteiger partial charge on any atom is -0.493 e. The number of rotatable bonds is 4. The Kier molecular flexibility index (Phi) is 3.78. The van der Waals surface area contributed by atoms with E-state index in [0.717, 1.165) is 6.07 Å². The van der Waals surface area contributed by atoms with Crippen LogP contribution in [0.25, 0.3) is 0 Å². The third-order valence-corrected chi connectivity index (χ3v) is 2.09. The van der Waals surface area contributed by atoms with Gasteiger partial charge in [-0.3, -0.25) is 4.79 Å². The second-order valence-electron chi connectivity index (χ2n) is 3.15. The molecule has 3 N–H and O–H groups in total. The average molecular weight is 231 g/mol. The number of hydrogen-bond donors (Lipinski definition) is 2. The summed E-state index contributed by atoms with van der Waals surface area (Å²) in [6.07, 6.45) is 0. The van der Waals surface area contributed by atoms with Gasteiger partial charge in [0, 0.05) is 5.56 Å². The highest BCUT2D eigenvalue weighted by Crippen LogP contribution is 2.29. The normalized spacial score (nSPS) is 12.2. The van der Waals surface area contributed by atoms with Crippen LogP contribution in [0.5, 0.6) is 5.75 Å². The van der Waals surface area contributed by atoms with Crippen molar-refractivity contribution in [3.8, 4) is 5.75 Å². The molecule has 88 valence electrons. The zero-order chi connectivity index (χ0) is 12.3. The van der Waals surface area contributed by atoms with E-state index in [-0.39, 0.29) is 16.9 Å². The first-order valence-electron chi connectivity index (χ1n) is 4.42. The molecule has 0 aliphatic rings. The van der Waals surface area contributed by atoms with Gasteiger partial charge >= 0.3 is 5.97 Å². The summed E-state index contributed by atoms with van der Waals surface area (Å²) in [6, 6.07) is 0.674. The van der Waals surface area contributed by atoms with Gasteiger partial charge in [0.25, 0.3) is 0 Å². The molecule has 1 rings (SSSR count). The van der Waals surface area contributed by atoms with Crippen molar-refractivity contribution < 1.29 is 23.4 Å². The van der Waals surface area contributed by atoms with E-state index in [4.69, 9.17) is 15.6 Å². The largest absolute Gasteiger partial charge is 0.493 e. The maximum absolute atomic E-state index is 13.4. The highest BCUT2D eigenvalue weighted by atomic mass is 19.1. The molecule has 6 heteroatoms. The number of halogens is 2. The molecule has 0 radical (unpaired) electrons. The Morgan fingerprint density at radius 3 is 2.69 bits per heavy atom. The molecule has 0 aromatic heterocycles. The summed E-state index contributed by atoms with van der Waals surface area (Å²) in [5.74, 6) is -2.44. The van der Waals surface area contributed by atoms with Gasteiger partial charge in [-0.05, 0) is 17.7 Å². The highest BCUT2D eigenvalue weighted by Gasteiger charge is 2.22. The summed E-state index contributed by atoms with van der Waals surface area (Å²) in [7, 11) is 1.19. The Hall–Kier alpha value is -1.69. The monoisotopic (exact) mass is 231 g/mol. The second-order valence-corrected chi connectivity index (χ2v) is 3.15. The molecular weight excluding hydrogens is 220 g/mol. The van der Waals surface area contributed by atoms with Crippen molar-refractivity contribution in [3.63, 3.8) is 0 Å². The minimum absolute atomic E-state index is 0.0185. The second kappa shape index (κ2) is 4.89. The molecule has 16 heavy (non-hydrogen) atoms. The standard InChI is InChI=1S/C10H11F2NO3/c1-16-9-6(8(13)10(14)15)2-5(4-11)3-7(9)12/h2-3,8H,4,13H2,1H3,(H,14,15). The first-order valence-corrected chi connectivity index (χ1v) is 4.42. The number of carbonyl (C=O) groups is 1. The Labute approximate surface area is 90.6 Å². The van der Waals surface area contributed by atoms with Crippen molar-refractivity contribution >= 4 is 5.97 Å². The quantitative estimate of drug-likeness (QED) is 0.821. The van der Waals surface area contributed by atoms with Crippen LogP contribution < -0.4 is 10.5 Å². The number of benzene rings is 1. The fourth-order valence-corrected chi connectivity index (χ4v) is 1.33. The van der Waals surface area contributed by atoms with Gasteiger partial charge in [0.1, 0.15) is 12.7 Å². The first-order chi connectivity index (χ1) is 7.51. The van der Waals surface area contributed by atoms with Gasteiger partial charge < -0.3 is 15.6 Å². The summed E-state index contributed by atoms with van der Waals surface area (Å²) in [6.45, 7) is -0.903. The van der Waals surface area contributed by atoms with Crippen LogP contribution in [-0.4, -0.2) is 18.2 Å². The Bertz CT molecular complexity index is 409. The van der Waals surface area contributed by atoms with Gasteiger partial charge in [-0.25, -0.2) is 8.78 Å². The Morgan fingerprint density at radius 2 is 2.25 bits per heavy atom. The molecular formula is C10H11F2NO3. The first kappa shape index (κ1) is 12.4. The van der Waals surface area contributed by atoms with Crippen molar-refractivity contribution in [2.75, 3.05) is 7.11 Å². The van der Waals surface area contributed by atoms with Gasteiger partial charge in [-0.1, -0.05) is 0 Å². The summed E-state index contributed by atoms with van der Waals surface area (Å²) >= 11 is 0. The van der Waals surface area contributed by atoms with E-state index in [1.54, 1.807) is 0 Å². The molecule has 0 bridgehead atoms. The summed E-state index contributed by atoms with van der Waals surface area (Å²) in [5.41, 5.74) is 5.28. The van der Waals surface area contributed by atoms with E-state index in [1.165, 1.54) is 13.2 Å². The molecule has 0 aliphatic carbocycles. The van der Waals surface area contributed by atoms with E-state index in [1.807, 2.05) is 0 Å². The number of methoxy groups -OCH3 is 1. The van der Waals surface area contributed by atoms with E-state index in [0.29, 0.717) is 0 Å². The summed E-state index contributed by atoms with van der Waals surface area (Å²) < 4.78 is 30.5. The number of carboxylic acids is 1. The van der Waals surface area contributed by atoms with Gasteiger partial charge in [0.15, 0.2) is 11.6 Å². The zero-order valence-corrected chi connectivity index (χ0v) is 8.54. The number of carboxylic acid groups (broad SMARTS) is 1. The third kappa shape index (κ3) is 2.27. The van der Waals surface area contributed by atoms with Crippen molar-refractivity contribution in [2.24, 2.45) is 5.73 Å². The lowest BCUT2D eigenvalue weighted by Gasteiger charge is -2.14. The number of hydrogen-bond acceptors (Lipinski definition) is 3. The fraction of sp³-hybridized carbons (Fsp3) is 0.300. The van der Waals surface area contributed by atoms with Crippen LogP contribution in [0, 0.1) is 5.82 Å². The van der Waals surface area contributed by atoms with Crippen LogP contribution in [0.4, 0.5) is 8.78 Å². The van der Waals surface area contributed by atoms with Crippen molar-refractivity contribution in [3.05, 3.63) is 29.1 Å². The molecule has 1 aromatic rings. The lowest BCUT2D eigenvalue weighted by Crippen LogP contribution is -2.22. The van der Waals surface area contributed by atoms with Crippen LogP contribution in [0.15, 0.2) is 12.1 Å². The molecule has 0 heterocycles. The van der Waals surface area contributed by atoms with Crippen molar-refractivity contribution in [1.82, 2.24) is 0 Å². The molecule has 0 amide bonds. The molecule has 0 aliphatic heterocycles. The molecule has 1 aromatic carbocycles. The lowest BCUT2D eigenvalue weighted by atomic mass is 10.0. The lowest BCUT2D eigenvalue weighted by molar-refractivity contribution is -0.138. The smallest absolute Gasteiger partial charge is 0.325 e. The van der Waals surface area contributed by atoms with E-state index in [2.05, 4.69) is 0 Å². The molecule has 0 spiro atoms. The third-order valence-electron chi connectivity index (χ3n) is 2.09. The molecule has 1 unspecified atom stereocenters. The molecule has 0 fully saturated rings. The van der Waals surface area contributed by atoms with Gasteiger partial charge in [-0.2, -0.15) is 0 Å². The van der Waals surface area contributed by atoms with E-state index >= 15 is 0 Å². The van der Waals surface area contributed by atoms with Gasteiger partial charge in [0.2, 0.25) is 0 Å². The van der Waals surface area contributed by atoms with Crippen LogP contribution >= 0.6 is 0 Å². The maximum atomic E-state index is 13.4. The predicted octanol–water partition coefficient (Wildman–Crippen LogP) is 1.39. The molecule has 0 saturated heterocycles. The number of alkyl halides is 1. The molecule has 1 atom stereocenters. The fourth-order valence-electron chi connectivity index (χ4n) is 1.33. The van der Waals surface area contributed by atoms with Crippen molar-refractivity contribution in [2.45, 2.75) is 12.7 Å². The average Bonchev–Trinajstić information content (AvgIpc) is 2.26. The van der Waals surface area contributed by atoms with Crippen LogP contribution in [0.3, 0.4) is 0 Å². The van der Waals surface area contributed by atoms with E-state index < -0.39 is 24.5 Å². The number of aliphatic carboxylic acids is 1. The van der Waals surface area contributed by atoms with Crippen LogP contribution in [0.1, 0.15) is 17.2 Å². The summed E-state index contributed by atoms with van der Waals surface area (Å²) in [5, 5.41) is 8.71. The highest BCUT2D eigenvalue weighted by molar-refractivity contribution is 5.76. The molecule has 0 saturated carbocycles. The predicted molar refractivity (Wildman–Crippen MR) is 52.3 cm³/mol. The van der Waals surface area contributed by atoms with Gasteiger partial charge in [-0.15, -0.1) is 0 Å². The maximum Gasteiger partial charge on any atom is 0.325 e. The molecule has 4 nitrogen and oxygen atoms in total. The van der Waals surface area contributed by atoms with Crippen LogP contribution in [0.2, 0.25) is 0 Å². The SMILES string of the molecule is COc1c(F)cc(CF)cc1C(N)C(=O)O. The number of ether oxygens (including phenoxy) is 1. The summed E-state index contributed by atoms with van der Waals surface area (Å²) in [4.78, 5) is 10.7. The minimum atomic E-state index is -1.45. The van der Waals surface area contributed by atoms with E-state index in [9.17, 15) is 13.6 Å². The topological polar surface area (TPSA) is 72.5 Å². The van der Waals surface area contributed by atoms with Gasteiger partial charge in [0.05, 0.1) is 7.11 Å². The Balaban J connectivity index is 3.33.